The van der Waals surface area contributed by atoms with Crippen LogP contribution < -0.4 is 5.32 Å². The summed E-state index contributed by atoms with van der Waals surface area (Å²) in [6.07, 6.45) is 5.23. The molecule has 0 radical (unpaired) electrons. The largest absolute Gasteiger partial charge is 0.336 e. The predicted molar refractivity (Wildman–Crippen MR) is 106 cm³/mol. The molecule has 0 spiro atoms. The van der Waals surface area contributed by atoms with Gasteiger partial charge in [-0.1, -0.05) is 24.1 Å². The van der Waals surface area contributed by atoms with Gasteiger partial charge in [-0.15, -0.1) is 0 Å². The molecule has 1 aliphatic heterocycles. The van der Waals surface area contributed by atoms with Crippen molar-refractivity contribution in [2.75, 3.05) is 38.5 Å². The summed E-state index contributed by atoms with van der Waals surface area (Å²) in [6.45, 7) is 9.41. The van der Waals surface area contributed by atoms with Gasteiger partial charge in [-0.25, -0.2) is 0 Å². The lowest BCUT2D eigenvalue weighted by atomic mass is 10.1. The molecule has 1 aromatic carbocycles. The molecule has 1 aliphatic rings. The highest BCUT2D eigenvalue weighted by Crippen LogP contribution is 2.21. The number of nitrogens with zero attached hydrogens (tertiary/aromatic N) is 2. The molecule has 1 saturated heterocycles. The number of anilines is 1. The van der Waals surface area contributed by atoms with E-state index >= 15 is 0 Å². The van der Waals surface area contributed by atoms with Crippen molar-refractivity contribution >= 4 is 17.5 Å². The lowest BCUT2D eigenvalue weighted by Gasteiger charge is -2.26. The first kappa shape index (κ1) is 20.4. The highest BCUT2D eigenvalue weighted by molar-refractivity contribution is 5.95. The van der Waals surface area contributed by atoms with Crippen LogP contribution in [-0.4, -0.2) is 54.8 Å². The van der Waals surface area contributed by atoms with Crippen LogP contribution in [0.2, 0.25) is 0 Å². The summed E-state index contributed by atoms with van der Waals surface area (Å²) in [4.78, 5) is 28.6. The molecular formula is C21H33N3O2. The molecule has 2 amide bonds. The fourth-order valence-corrected chi connectivity index (χ4v) is 3.69. The maximum absolute atomic E-state index is 12.3. The SMILES string of the molecule is Cc1cc(C)c(NC(=O)CN(C)C(=O)CCCN2CCCCC2)c(C)c1. The van der Waals surface area contributed by atoms with Gasteiger partial charge in [0.2, 0.25) is 11.8 Å². The molecule has 0 bridgehead atoms. The molecule has 144 valence electrons. The monoisotopic (exact) mass is 359 g/mol. The van der Waals surface area contributed by atoms with E-state index in [2.05, 4.69) is 22.3 Å². The summed E-state index contributed by atoms with van der Waals surface area (Å²) < 4.78 is 0. The number of likely N-dealkylation sites (N-methyl/N-ethyl adjacent to an activating group) is 1. The number of amides is 2. The van der Waals surface area contributed by atoms with Crippen molar-refractivity contribution < 1.29 is 9.59 Å². The molecule has 0 saturated carbocycles. The lowest BCUT2D eigenvalue weighted by molar-refractivity contribution is -0.133. The summed E-state index contributed by atoms with van der Waals surface area (Å²) in [6, 6.07) is 4.11. The van der Waals surface area contributed by atoms with Gasteiger partial charge in [-0.2, -0.15) is 0 Å². The van der Waals surface area contributed by atoms with Gasteiger partial charge in [0, 0.05) is 19.2 Å². The number of carbonyl (C=O) groups is 2. The summed E-state index contributed by atoms with van der Waals surface area (Å²) in [5, 5.41) is 2.96. The smallest absolute Gasteiger partial charge is 0.243 e. The molecular weight excluding hydrogens is 326 g/mol. The van der Waals surface area contributed by atoms with E-state index in [1.165, 1.54) is 29.7 Å². The Morgan fingerprint density at radius 2 is 1.69 bits per heavy atom. The molecule has 1 fully saturated rings. The van der Waals surface area contributed by atoms with E-state index in [-0.39, 0.29) is 18.4 Å². The van der Waals surface area contributed by atoms with Crippen LogP contribution in [0.15, 0.2) is 12.1 Å². The summed E-state index contributed by atoms with van der Waals surface area (Å²) in [5.41, 5.74) is 4.13. The molecule has 0 unspecified atom stereocenters. The number of rotatable bonds is 7. The van der Waals surface area contributed by atoms with E-state index in [9.17, 15) is 9.59 Å². The molecule has 0 aliphatic carbocycles. The van der Waals surface area contributed by atoms with E-state index in [0.717, 1.165) is 42.9 Å². The molecule has 1 N–H and O–H groups in total. The molecule has 5 nitrogen and oxygen atoms in total. The van der Waals surface area contributed by atoms with Crippen LogP contribution in [0.25, 0.3) is 0 Å². The minimum atomic E-state index is -0.146. The molecule has 2 rings (SSSR count). The Bertz CT molecular complexity index is 613. The van der Waals surface area contributed by atoms with Gasteiger partial charge in [-0.05, 0) is 70.8 Å². The van der Waals surface area contributed by atoms with Gasteiger partial charge in [-0.3, -0.25) is 9.59 Å². The number of hydrogen-bond acceptors (Lipinski definition) is 3. The van der Waals surface area contributed by atoms with Crippen LogP contribution in [0.1, 0.15) is 48.8 Å². The van der Waals surface area contributed by atoms with Crippen molar-refractivity contribution in [2.24, 2.45) is 0 Å². The zero-order valence-electron chi connectivity index (χ0n) is 16.7. The van der Waals surface area contributed by atoms with E-state index in [0.29, 0.717) is 6.42 Å². The van der Waals surface area contributed by atoms with Gasteiger partial charge in [0.25, 0.3) is 0 Å². The zero-order chi connectivity index (χ0) is 19.1. The van der Waals surface area contributed by atoms with Crippen molar-refractivity contribution in [2.45, 2.75) is 52.9 Å². The van der Waals surface area contributed by atoms with Crippen LogP contribution in [0.4, 0.5) is 5.69 Å². The minimum absolute atomic E-state index is 0.0366. The first-order chi connectivity index (χ1) is 12.4. The van der Waals surface area contributed by atoms with Crippen molar-refractivity contribution in [3.63, 3.8) is 0 Å². The first-order valence-electron chi connectivity index (χ1n) is 9.71. The third-order valence-electron chi connectivity index (χ3n) is 5.06. The second-order valence-electron chi connectivity index (χ2n) is 7.58. The summed E-state index contributed by atoms with van der Waals surface area (Å²) >= 11 is 0. The number of benzene rings is 1. The topological polar surface area (TPSA) is 52.7 Å². The van der Waals surface area contributed by atoms with Crippen LogP contribution >= 0.6 is 0 Å². The zero-order valence-corrected chi connectivity index (χ0v) is 16.7. The van der Waals surface area contributed by atoms with Gasteiger partial charge in [0.1, 0.15) is 0 Å². The maximum Gasteiger partial charge on any atom is 0.243 e. The lowest BCUT2D eigenvalue weighted by Crippen LogP contribution is -2.36. The third-order valence-corrected chi connectivity index (χ3v) is 5.06. The Balaban J connectivity index is 1.76. The van der Waals surface area contributed by atoms with Gasteiger partial charge >= 0.3 is 0 Å². The van der Waals surface area contributed by atoms with Crippen molar-refractivity contribution in [3.05, 3.63) is 28.8 Å². The highest BCUT2D eigenvalue weighted by Gasteiger charge is 2.16. The fraction of sp³-hybridized carbons (Fsp3) is 0.619. The normalized spacial score (nSPS) is 14.9. The Hall–Kier alpha value is -1.88. The minimum Gasteiger partial charge on any atom is -0.336 e. The van der Waals surface area contributed by atoms with E-state index in [4.69, 9.17) is 0 Å². The van der Waals surface area contributed by atoms with Crippen molar-refractivity contribution in [3.8, 4) is 0 Å². The second-order valence-corrected chi connectivity index (χ2v) is 7.58. The number of likely N-dealkylation sites (tertiary alicyclic amines) is 1. The van der Waals surface area contributed by atoms with E-state index in [1.807, 2.05) is 20.8 Å². The molecule has 0 atom stereocenters. The van der Waals surface area contributed by atoms with Crippen LogP contribution in [0.3, 0.4) is 0 Å². The van der Waals surface area contributed by atoms with Gasteiger partial charge in [0.15, 0.2) is 0 Å². The number of nitrogens with one attached hydrogen (secondary N) is 1. The predicted octanol–water partition coefficient (Wildman–Crippen LogP) is 3.27. The van der Waals surface area contributed by atoms with Crippen molar-refractivity contribution in [1.82, 2.24) is 9.80 Å². The highest BCUT2D eigenvalue weighted by atomic mass is 16.2. The average molecular weight is 360 g/mol. The van der Waals surface area contributed by atoms with Crippen molar-refractivity contribution in [1.29, 1.82) is 0 Å². The summed E-state index contributed by atoms with van der Waals surface area (Å²) in [5.74, 6) is -0.110. The van der Waals surface area contributed by atoms with Crippen LogP contribution in [0.5, 0.6) is 0 Å². The maximum atomic E-state index is 12.3. The molecule has 0 aromatic heterocycles. The molecule has 1 heterocycles. The van der Waals surface area contributed by atoms with E-state index < -0.39 is 0 Å². The number of carbonyl (C=O) groups excluding carboxylic acids is 2. The Kier molecular flexibility index (Phi) is 7.64. The van der Waals surface area contributed by atoms with Gasteiger partial charge < -0.3 is 15.1 Å². The quantitative estimate of drug-likeness (QED) is 0.813. The van der Waals surface area contributed by atoms with Crippen LogP contribution in [0, 0.1) is 20.8 Å². The number of hydrogen-bond donors (Lipinski definition) is 1. The van der Waals surface area contributed by atoms with Gasteiger partial charge in [0.05, 0.1) is 6.54 Å². The Morgan fingerprint density at radius 3 is 2.31 bits per heavy atom. The first-order valence-corrected chi connectivity index (χ1v) is 9.71. The second kappa shape index (κ2) is 9.72. The summed E-state index contributed by atoms with van der Waals surface area (Å²) in [7, 11) is 1.71. The number of aryl methyl sites for hydroxylation is 3. The molecule has 5 heteroatoms. The van der Waals surface area contributed by atoms with Crippen LogP contribution in [-0.2, 0) is 9.59 Å². The third kappa shape index (κ3) is 6.13. The average Bonchev–Trinajstić information content (AvgIpc) is 2.59. The number of piperidine rings is 1. The molecule has 1 aromatic rings. The molecule has 26 heavy (non-hydrogen) atoms. The Labute approximate surface area is 157 Å². The standard InChI is InChI=1S/C21H33N3O2/c1-16-13-17(2)21(18(3)14-16)22-19(25)15-23(4)20(26)9-8-12-24-10-6-5-7-11-24/h13-14H,5-12,15H2,1-4H3,(H,22,25). The Morgan fingerprint density at radius 1 is 1.08 bits per heavy atom. The fourth-order valence-electron chi connectivity index (χ4n) is 3.69. The van der Waals surface area contributed by atoms with E-state index in [1.54, 1.807) is 7.05 Å².